The number of benzene rings is 1. The summed E-state index contributed by atoms with van der Waals surface area (Å²) in [5.41, 5.74) is 5.20. The van der Waals surface area contributed by atoms with Crippen LogP contribution in [-0.4, -0.2) is 24.2 Å². The average molecular weight is 398 g/mol. The van der Waals surface area contributed by atoms with Gasteiger partial charge in [0.1, 0.15) is 5.60 Å². The smallest absolute Gasteiger partial charge is 0.188 e. The Morgan fingerprint density at radius 1 is 1.47 bits per heavy atom. The van der Waals surface area contributed by atoms with Gasteiger partial charge in [0, 0.05) is 17.1 Å². The molecule has 0 spiro atoms. The van der Waals surface area contributed by atoms with Gasteiger partial charge in [-0.25, -0.2) is 0 Å². The summed E-state index contributed by atoms with van der Waals surface area (Å²) < 4.78 is 0. The van der Waals surface area contributed by atoms with E-state index in [0.717, 1.165) is 13.0 Å². The average Bonchev–Trinajstić information content (AvgIpc) is 2.34. The lowest BCUT2D eigenvalue weighted by Crippen LogP contribution is -2.34. The van der Waals surface area contributed by atoms with Crippen LogP contribution >= 0.6 is 35.6 Å². The van der Waals surface area contributed by atoms with Gasteiger partial charge in [-0.15, -0.1) is 24.0 Å². The molecule has 0 fully saturated rings. The quantitative estimate of drug-likeness (QED) is 0.406. The van der Waals surface area contributed by atoms with Gasteiger partial charge in [0.05, 0.1) is 6.54 Å². The molecule has 1 unspecified atom stereocenters. The van der Waals surface area contributed by atoms with E-state index >= 15 is 0 Å². The summed E-state index contributed by atoms with van der Waals surface area (Å²) in [4.78, 5) is 4.13. The number of aliphatic imine (C=N–C) groups is 1. The van der Waals surface area contributed by atoms with E-state index in [4.69, 9.17) is 17.3 Å². The minimum Gasteiger partial charge on any atom is -0.383 e. The fraction of sp³-hybridized carbons (Fsp3) is 0.462. The van der Waals surface area contributed by atoms with Crippen LogP contribution in [0.15, 0.2) is 29.3 Å². The van der Waals surface area contributed by atoms with Crippen LogP contribution in [0.4, 0.5) is 0 Å². The second-order valence-corrected chi connectivity index (χ2v) is 4.79. The van der Waals surface area contributed by atoms with Crippen molar-refractivity contribution in [3.63, 3.8) is 0 Å². The molecule has 0 aliphatic carbocycles. The molecule has 1 aromatic carbocycles. The molecule has 6 heteroatoms. The van der Waals surface area contributed by atoms with Crippen LogP contribution in [0.5, 0.6) is 0 Å². The molecular weight excluding hydrogens is 377 g/mol. The van der Waals surface area contributed by atoms with Crippen LogP contribution in [0.2, 0.25) is 5.02 Å². The molecular formula is C13H21ClIN3O. The monoisotopic (exact) mass is 397 g/mol. The molecule has 1 aromatic rings. The summed E-state index contributed by atoms with van der Waals surface area (Å²) >= 11 is 6.05. The van der Waals surface area contributed by atoms with Gasteiger partial charge >= 0.3 is 0 Å². The van der Waals surface area contributed by atoms with E-state index in [2.05, 4.69) is 10.3 Å². The third kappa shape index (κ3) is 5.97. The SMILES string of the molecule is CCCNC(N)=NCC(C)(O)c1ccccc1Cl.I. The lowest BCUT2D eigenvalue weighted by molar-refractivity contribution is 0.0674. The highest BCUT2D eigenvalue weighted by molar-refractivity contribution is 14.0. The van der Waals surface area contributed by atoms with Crippen LogP contribution in [-0.2, 0) is 5.60 Å². The molecule has 108 valence electrons. The van der Waals surface area contributed by atoms with Crippen LogP contribution in [0.3, 0.4) is 0 Å². The van der Waals surface area contributed by atoms with Crippen molar-refractivity contribution in [3.05, 3.63) is 34.9 Å². The molecule has 0 aliphatic heterocycles. The van der Waals surface area contributed by atoms with Crippen molar-refractivity contribution < 1.29 is 5.11 Å². The predicted molar refractivity (Wildman–Crippen MR) is 91.2 cm³/mol. The van der Waals surface area contributed by atoms with E-state index in [1.165, 1.54) is 0 Å². The van der Waals surface area contributed by atoms with E-state index in [9.17, 15) is 5.11 Å². The second-order valence-electron chi connectivity index (χ2n) is 4.38. The zero-order chi connectivity index (χ0) is 13.6. The van der Waals surface area contributed by atoms with Crippen molar-refractivity contribution in [2.75, 3.05) is 13.1 Å². The van der Waals surface area contributed by atoms with Gasteiger partial charge in [0.15, 0.2) is 5.96 Å². The number of rotatable bonds is 5. The Kier molecular flexibility index (Phi) is 8.36. The first-order chi connectivity index (χ1) is 8.47. The van der Waals surface area contributed by atoms with Crippen molar-refractivity contribution in [1.29, 1.82) is 0 Å². The molecule has 0 radical (unpaired) electrons. The molecule has 1 atom stereocenters. The Hall–Kier alpha value is -0.530. The number of nitrogens with zero attached hydrogens (tertiary/aromatic N) is 1. The Morgan fingerprint density at radius 3 is 2.68 bits per heavy atom. The number of nitrogens with two attached hydrogens (primary N) is 1. The number of aliphatic hydroxyl groups is 1. The molecule has 4 nitrogen and oxygen atoms in total. The largest absolute Gasteiger partial charge is 0.383 e. The number of nitrogens with one attached hydrogen (secondary N) is 1. The standard InChI is InChI=1S/C13H20ClN3O.HI/c1-3-8-16-12(15)17-9-13(2,18)10-6-4-5-7-11(10)14;/h4-7,18H,3,8-9H2,1-2H3,(H3,15,16,17);1H. The third-order valence-corrected chi connectivity index (χ3v) is 2.90. The van der Waals surface area contributed by atoms with Crippen molar-refractivity contribution >= 4 is 41.5 Å². The zero-order valence-corrected chi connectivity index (χ0v) is 14.3. The van der Waals surface area contributed by atoms with Gasteiger partial charge < -0.3 is 16.2 Å². The summed E-state index contributed by atoms with van der Waals surface area (Å²) in [6.07, 6.45) is 0.969. The van der Waals surface area contributed by atoms with Gasteiger partial charge in [0.25, 0.3) is 0 Å². The molecule has 19 heavy (non-hydrogen) atoms. The first-order valence-corrected chi connectivity index (χ1v) is 6.36. The number of guanidine groups is 1. The molecule has 0 saturated carbocycles. The maximum atomic E-state index is 10.4. The topological polar surface area (TPSA) is 70.6 Å². The van der Waals surface area contributed by atoms with E-state index in [1.54, 1.807) is 19.1 Å². The molecule has 0 heterocycles. The Bertz CT molecular complexity index is 424. The maximum Gasteiger partial charge on any atom is 0.188 e. The molecule has 4 N–H and O–H groups in total. The van der Waals surface area contributed by atoms with Crippen LogP contribution in [0.1, 0.15) is 25.8 Å². The van der Waals surface area contributed by atoms with E-state index in [1.807, 2.05) is 19.1 Å². The van der Waals surface area contributed by atoms with Crippen molar-refractivity contribution in [2.45, 2.75) is 25.9 Å². The summed E-state index contributed by atoms with van der Waals surface area (Å²) in [5, 5.41) is 13.8. The summed E-state index contributed by atoms with van der Waals surface area (Å²) in [5.74, 6) is 0.337. The fourth-order valence-corrected chi connectivity index (χ4v) is 1.87. The van der Waals surface area contributed by atoms with Crippen molar-refractivity contribution in [3.8, 4) is 0 Å². The summed E-state index contributed by atoms with van der Waals surface area (Å²) in [6, 6.07) is 7.18. The third-order valence-electron chi connectivity index (χ3n) is 2.57. The minimum atomic E-state index is -1.13. The van der Waals surface area contributed by atoms with Crippen LogP contribution < -0.4 is 11.1 Å². The van der Waals surface area contributed by atoms with E-state index in [0.29, 0.717) is 16.5 Å². The first kappa shape index (κ1) is 18.5. The minimum absolute atomic E-state index is 0. The highest BCUT2D eigenvalue weighted by Crippen LogP contribution is 2.27. The van der Waals surface area contributed by atoms with Gasteiger partial charge in [-0.1, -0.05) is 36.7 Å². The van der Waals surface area contributed by atoms with Gasteiger partial charge in [-0.05, 0) is 19.4 Å². The highest BCUT2D eigenvalue weighted by Gasteiger charge is 2.25. The maximum absolute atomic E-state index is 10.4. The highest BCUT2D eigenvalue weighted by atomic mass is 127. The first-order valence-electron chi connectivity index (χ1n) is 5.98. The van der Waals surface area contributed by atoms with Crippen molar-refractivity contribution in [1.82, 2.24) is 5.32 Å². The molecule has 0 saturated heterocycles. The second kappa shape index (κ2) is 8.60. The number of hydrogen-bond donors (Lipinski definition) is 3. The summed E-state index contributed by atoms with van der Waals surface area (Å²) in [7, 11) is 0. The van der Waals surface area contributed by atoms with Crippen molar-refractivity contribution in [2.24, 2.45) is 10.7 Å². The molecule has 0 aromatic heterocycles. The molecule has 1 rings (SSSR count). The number of halogens is 2. The Labute approximate surface area is 136 Å². The van der Waals surface area contributed by atoms with Gasteiger partial charge in [-0.2, -0.15) is 0 Å². The fourth-order valence-electron chi connectivity index (χ4n) is 1.53. The normalized spacial score (nSPS) is 14.4. The predicted octanol–water partition coefficient (Wildman–Crippen LogP) is 2.48. The lowest BCUT2D eigenvalue weighted by Gasteiger charge is -2.23. The molecule has 0 aliphatic rings. The summed E-state index contributed by atoms with van der Waals surface area (Å²) in [6.45, 7) is 4.65. The van der Waals surface area contributed by atoms with E-state index < -0.39 is 5.60 Å². The lowest BCUT2D eigenvalue weighted by atomic mass is 9.96. The van der Waals surface area contributed by atoms with E-state index in [-0.39, 0.29) is 30.5 Å². The Morgan fingerprint density at radius 2 is 2.11 bits per heavy atom. The number of hydrogen-bond acceptors (Lipinski definition) is 2. The van der Waals surface area contributed by atoms with Gasteiger partial charge in [-0.3, -0.25) is 4.99 Å². The zero-order valence-electron chi connectivity index (χ0n) is 11.2. The van der Waals surface area contributed by atoms with Gasteiger partial charge in [0.2, 0.25) is 0 Å². The van der Waals surface area contributed by atoms with Crippen LogP contribution in [0.25, 0.3) is 0 Å². The van der Waals surface area contributed by atoms with Crippen LogP contribution in [0, 0.1) is 0 Å². The molecule has 0 amide bonds. The Balaban J connectivity index is 0.00000324. The molecule has 0 bridgehead atoms.